The van der Waals surface area contributed by atoms with Crippen molar-refractivity contribution in [2.24, 2.45) is 5.73 Å². The van der Waals surface area contributed by atoms with Crippen molar-refractivity contribution in [1.29, 1.82) is 0 Å². The van der Waals surface area contributed by atoms with E-state index >= 15 is 0 Å². The van der Waals surface area contributed by atoms with E-state index in [4.69, 9.17) is 5.73 Å². The molecule has 2 aromatic rings. The van der Waals surface area contributed by atoms with Gasteiger partial charge in [-0.05, 0) is 42.1 Å². The van der Waals surface area contributed by atoms with Crippen LogP contribution in [-0.4, -0.2) is 22.6 Å². The Bertz CT molecular complexity index is 585. The molecule has 0 spiro atoms. The number of benzene rings is 1. The number of nitrogens with one attached hydrogen (secondary N) is 1. The monoisotopic (exact) mass is 246 g/mol. The first-order chi connectivity index (χ1) is 8.54. The molecular weight excluding hydrogens is 228 g/mol. The van der Waals surface area contributed by atoms with Crippen LogP contribution in [-0.2, 0) is 6.42 Å². The number of nitrogens with two attached hydrogens (primary N) is 1. The summed E-state index contributed by atoms with van der Waals surface area (Å²) >= 11 is 0. The highest BCUT2D eigenvalue weighted by Gasteiger charge is 2.16. The van der Waals surface area contributed by atoms with Gasteiger partial charge in [-0.3, -0.25) is 0 Å². The fourth-order valence-corrected chi connectivity index (χ4v) is 2.21. The fourth-order valence-electron chi connectivity index (χ4n) is 2.21. The van der Waals surface area contributed by atoms with Crippen molar-refractivity contribution in [3.05, 3.63) is 35.0 Å². The summed E-state index contributed by atoms with van der Waals surface area (Å²) in [5.41, 5.74) is 8.71. The van der Waals surface area contributed by atoms with E-state index in [1.165, 1.54) is 5.56 Å². The number of H-pyrrole nitrogens is 1. The number of hydrogen-bond acceptors (Lipinski definition) is 2. The number of hydrogen-bond donors (Lipinski definition) is 3. The van der Waals surface area contributed by atoms with E-state index in [0.717, 1.165) is 16.5 Å². The first kappa shape index (κ1) is 12.6. The van der Waals surface area contributed by atoms with Crippen molar-refractivity contribution < 1.29 is 9.90 Å². The van der Waals surface area contributed by atoms with Gasteiger partial charge in [0, 0.05) is 10.9 Å². The number of fused-ring (bicyclic) bond motifs is 1. The molecule has 4 nitrogen and oxygen atoms in total. The molecule has 0 bridgehead atoms. The SMILES string of the molecule is CC(C)c1ccc2[nH]c(C(=O)O)c(CCN)c2c1. The lowest BCUT2D eigenvalue weighted by atomic mass is 9.99. The number of carboxylic acids is 1. The predicted molar refractivity (Wildman–Crippen MR) is 72.1 cm³/mol. The van der Waals surface area contributed by atoms with Crippen molar-refractivity contribution in [3.8, 4) is 0 Å². The number of carbonyl (C=O) groups is 1. The average Bonchev–Trinajstić information content (AvgIpc) is 2.68. The minimum absolute atomic E-state index is 0.261. The highest BCUT2D eigenvalue weighted by Crippen LogP contribution is 2.27. The van der Waals surface area contributed by atoms with Gasteiger partial charge in [-0.15, -0.1) is 0 Å². The number of carboxylic acid groups (broad SMARTS) is 1. The van der Waals surface area contributed by atoms with Gasteiger partial charge in [0.15, 0.2) is 0 Å². The van der Waals surface area contributed by atoms with Crippen LogP contribution in [0.2, 0.25) is 0 Å². The first-order valence-corrected chi connectivity index (χ1v) is 6.12. The Morgan fingerprint density at radius 1 is 1.44 bits per heavy atom. The van der Waals surface area contributed by atoms with Gasteiger partial charge in [0.2, 0.25) is 0 Å². The van der Waals surface area contributed by atoms with Gasteiger partial charge in [-0.25, -0.2) is 4.79 Å². The summed E-state index contributed by atoms with van der Waals surface area (Å²) in [4.78, 5) is 14.2. The maximum absolute atomic E-state index is 11.2. The van der Waals surface area contributed by atoms with Gasteiger partial charge >= 0.3 is 5.97 Å². The lowest BCUT2D eigenvalue weighted by molar-refractivity contribution is 0.0690. The molecule has 1 aromatic heterocycles. The predicted octanol–water partition coefficient (Wildman–Crippen LogP) is 2.49. The standard InChI is InChI=1S/C14H18N2O2/c1-8(2)9-3-4-12-11(7-9)10(5-6-15)13(16-12)14(17)18/h3-4,7-8,16H,5-6,15H2,1-2H3,(H,17,18). The Kier molecular flexibility index (Phi) is 3.39. The molecule has 4 heteroatoms. The van der Waals surface area contributed by atoms with Crippen LogP contribution in [0.5, 0.6) is 0 Å². The molecule has 96 valence electrons. The van der Waals surface area contributed by atoms with E-state index in [1.54, 1.807) is 0 Å². The second-order valence-corrected chi connectivity index (χ2v) is 4.78. The molecule has 1 heterocycles. The molecule has 0 radical (unpaired) electrons. The third-order valence-electron chi connectivity index (χ3n) is 3.21. The zero-order chi connectivity index (χ0) is 13.3. The number of aromatic carboxylic acids is 1. The summed E-state index contributed by atoms with van der Waals surface area (Å²) in [6, 6.07) is 6.03. The summed E-state index contributed by atoms with van der Waals surface area (Å²) in [7, 11) is 0. The van der Waals surface area contributed by atoms with E-state index in [1.807, 2.05) is 12.1 Å². The van der Waals surface area contributed by atoms with E-state index in [9.17, 15) is 9.90 Å². The zero-order valence-corrected chi connectivity index (χ0v) is 10.7. The minimum atomic E-state index is -0.930. The molecule has 0 saturated carbocycles. The van der Waals surface area contributed by atoms with Crippen LogP contribution in [0.15, 0.2) is 18.2 Å². The summed E-state index contributed by atoms with van der Waals surface area (Å²) in [6.07, 6.45) is 0.573. The van der Waals surface area contributed by atoms with Crippen molar-refractivity contribution in [2.75, 3.05) is 6.54 Å². The van der Waals surface area contributed by atoms with Crippen LogP contribution in [0.4, 0.5) is 0 Å². The van der Waals surface area contributed by atoms with Gasteiger partial charge in [0.1, 0.15) is 5.69 Å². The number of aromatic amines is 1. The van der Waals surface area contributed by atoms with Crippen LogP contribution >= 0.6 is 0 Å². The molecule has 18 heavy (non-hydrogen) atoms. The van der Waals surface area contributed by atoms with Gasteiger partial charge in [-0.1, -0.05) is 19.9 Å². The third kappa shape index (κ3) is 2.11. The van der Waals surface area contributed by atoms with Crippen LogP contribution in [0, 0.1) is 0 Å². The summed E-state index contributed by atoms with van der Waals surface area (Å²) in [5.74, 6) is -0.510. The van der Waals surface area contributed by atoms with Crippen molar-refractivity contribution in [2.45, 2.75) is 26.2 Å². The van der Waals surface area contributed by atoms with Gasteiger partial charge in [0.05, 0.1) is 0 Å². The normalized spacial score (nSPS) is 11.3. The molecule has 0 aliphatic carbocycles. The van der Waals surface area contributed by atoms with Crippen molar-refractivity contribution in [3.63, 3.8) is 0 Å². The summed E-state index contributed by atoms with van der Waals surface area (Å²) in [5, 5.41) is 10.2. The first-order valence-electron chi connectivity index (χ1n) is 6.12. The molecule has 1 aromatic carbocycles. The maximum atomic E-state index is 11.2. The number of rotatable bonds is 4. The van der Waals surface area contributed by atoms with E-state index in [0.29, 0.717) is 18.9 Å². The highest BCUT2D eigenvalue weighted by atomic mass is 16.4. The van der Waals surface area contributed by atoms with Gasteiger partial charge in [-0.2, -0.15) is 0 Å². The largest absolute Gasteiger partial charge is 0.477 e. The van der Waals surface area contributed by atoms with Crippen molar-refractivity contribution >= 4 is 16.9 Å². The second-order valence-electron chi connectivity index (χ2n) is 4.78. The average molecular weight is 246 g/mol. The molecule has 0 saturated heterocycles. The lowest BCUT2D eigenvalue weighted by Gasteiger charge is -2.05. The Balaban J connectivity index is 2.67. The van der Waals surface area contributed by atoms with E-state index < -0.39 is 5.97 Å². The van der Waals surface area contributed by atoms with Gasteiger partial charge < -0.3 is 15.8 Å². The molecule has 0 aliphatic rings. The lowest BCUT2D eigenvalue weighted by Crippen LogP contribution is -2.07. The van der Waals surface area contributed by atoms with E-state index in [2.05, 4.69) is 24.9 Å². The molecule has 4 N–H and O–H groups in total. The Morgan fingerprint density at radius 3 is 2.72 bits per heavy atom. The second kappa shape index (κ2) is 4.82. The number of aromatic nitrogens is 1. The van der Waals surface area contributed by atoms with Crippen LogP contribution in [0.25, 0.3) is 10.9 Å². The Morgan fingerprint density at radius 2 is 2.17 bits per heavy atom. The Hall–Kier alpha value is -1.81. The molecule has 2 rings (SSSR count). The Labute approximate surface area is 106 Å². The maximum Gasteiger partial charge on any atom is 0.352 e. The third-order valence-corrected chi connectivity index (χ3v) is 3.21. The zero-order valence-electron chi connectivity index (χ0n) is 10.7. The molecule has 0 atom stereocenters. The van der Waals surface area contributed by atoms with Crippen LogP contribution < -0.4 is 5.73 Å². The highest BCUT2D eigenvalue weighted by molar-refractivity contribution is 5.97. The smallest absolute Gasteiger partial charge is 0.352 e. The summed E-state index contributed by atoms with van der Waals surface area (Å²) in [6.45, 7) is 4.68. The van der Waals surface area contributed by atoms with Crippen LogP contribution in [0.3, 0.4) is 0 Å². The molecule has 0 unspecified atom stereocenters. The molecule has 0 aliphatic heterocycles. The molecule has 0 fully saturated rings. The van der Waals surface area contributed by atoms with Crippen molar-refractivity contribution in [1.82, 2.24) is 4.98 Å². The topological polar surface area (TPSA) is 79.1 Å². The fraction of sp³-hybridized carbons (Fsp3) is 0.357. The van der Waals surface area contributed by atoms with Crippen LogP contribution in [0.1, 0.15) is 41.4 Å². The molecule has 0 amide bonds. The van der Waals surface area contributed by atoms with E-state index in [-0.39, 0.29) is 5.69 Å². The molecular formula is C14H18N2O2. The summed E-state index contributed by atoms with van der Waals surface area (Å²) < 4.78 is 0. The quantitative estimate of drug-likeness (QED) is 0.775. The minimum Gasteiger partial charge on any atom is -0.477 e. The van der Waals surface area contributed by atoms with Gasteiger partial charge in [0.25, 0.3) is 0 Å².